The normalized spacial score (nSPS) is 19.3. The molecule has 1 aromatic carbocycles. The van der Waals surface area contributed by atoms with Gasteiger partial charge in [-0.1, -0.05) is 24.8 Å². The molecule has 2 heterocycles. The van der Waals surface area contributed by atoms with Gasteiger partial charge in [-0.2, -0.15) is 15.3 Å². The highest BCUT2D eigenvalue weighted by Gasteiger charge is 2.39. The molecule has 2 atom stereocenters. The number of rotatable bonds is 6. The Hall–Kier alpha value is -2.29. The van der Waals surface area contributed by atoms with E-state index in [4.69, 9.17) is 0 Å². The molecule has 0 aliphatic heterocycles. The van der Waals surface area contributed by atoms with Crippen molar-refractivity contribution in [2.75, 3.05) is 11.1 Å². The average molecular weight is 362 g/mol. The lowest BCUT2D eigenvalue weighted by Crippen LogP contribution is -2.08. The first-order chi connectivity index (χ1) is 12.2. The molecule has 1 aliphatic rings. The Bertz CT molecular complexity index is 915. The van der Waals surface area contributed by atoms with E-state index in [2.05, 4.69) is 37.6 Å². The van der Waals surface area contributed by atoms with Crippen molar-refractivity contribution < 1.29 is 8.78 Å². The quantitative estimate of drug-likeness (QED) is 0.516. The van der Waals surface area contributed by atoms with Crippen LogP contribution in [-0.4, -0.2) is 37.2 Å². The molecular weight excluding hydrogens is 346 g/mol. The minimum absolute atomic E-state index is 0.101. The fraction of sp³-hybridized carbons (Fsp3) is 0.375. The lowest BCUT2D eigenvalue weighted by Gasteiger charge is -2.07. The van der Waals surface area contributed by atoms with Crippen LogP contribution in [0.3, 0.4) is 0 Å². The third-order valence-corrected chi connectivity index (χ3v) is 5.14. The predicted molar refractivity (Wildman–Crippen MR) is 91.6 cm³/mol. The summed E-state index contributed by atoms with van der Waals surface area (Å²) in [4.78, 5) is 8.91. The van der Waals surface area contributed by atoms with Gasteiger partial charge in [0.1, 0.15) is 0 Å². The van der Waals surface area contributed by atoms with E-state index in [-0.39, 0.29) is 12.0 Å². The summed E-state index contributed by atoms with van der Waals surface area (Å²) in [7, 11) is 0. The van der Waals surface area contributed by atoms with Gasteiger partial charge in [0.05, 0.1) is 0 Å². The summed E-state index contributed by atoms with van der Waals surface area (Å²) in [5.74, 6) is 0.0177. The molecule has 0 bridgehead atoms. The highest BCUT2D eigenvalue weighted by Crippen LogP contribution is 2.43. The SMILES string of the molecule is CCCSc1nc(NC2C[C@H]2c2ccc(F)c(F)c2)c2n[nH]nc2n1. The van der Waals surface area contributed by atoms with Crippen LogP contribution in [0.5, 0.6) is 0 Å². The van der Waals surface area contributed by atoms with E-state index in [1.165, 1.54) is 12.1 Å². The first kappa shape index (κ1) is 16.2. The third-order valence-electron chi connectivity index (χ3n) is 4.08. The van der Waals surface area contributed by atoms with Crippen LogP contribution in [0.15, 0.2) is 23.4 Å². The Balaban J connectivity index is 1.54. The topological polar surface area (TPSA) is 79.4 Å². The average Bonchev–Trinajstić information content (AvgIpc) is 3.19. The van der Waals surface area contributed by atoms with Crippen molar-refractivity contribution in [3.05, 3.63) is 35.4 Å². The van der Waals surface area contributed by atoms with Crippen molar-refractivity contribution in [2.24, 2.45) is 0 Å². The van der Waals surface area contributed by atoms with E-state index in [1.54, 1.807) is 17.8 Å². The number of hydrogen-bond donors (Lipinski definition) is 2. The molecule has 130 valence electrons. The maximum absolute atomic E-state index is 13.4. The predicted octanol–water partition coefficient (Wildman–Crippen LogP) is 3.50. The molecule has 0 radical (unpaired) electrons. The lowest BCUT2D eigenvalue weighted by atomic mass is 10.1. The monoisotopic (exact) mass is 362 g/mol. The van der Waals surface area contributed by atoms with Crippen LogP contribution in [0.25, 0.3) is 11.2 Å². The molecule has 1 aliphatic carbocycles. The van der Waals surface area contributed by atoms with E-state index in [9.17, 15) is 8.78 Å². The minimum atomic E-state index is -0.827. The number of nitrogens with zero attached hydrogens (tertiary/aromatic N) is 4. The molecule has 0 amide bonds. The number of benzene rings is 1. The Labute approximate surface area is 146 Å². The molecule has 1 fully saturated rings. The molecule has 6 nitrogen and oxygen atoms in total. The Morgan fingerprint density at radius 3 is 2.92 bits per heavy atom. The van der Waals surface area contributed by atoms with Gasteiger partial charge in [-0.15, -0.1) is 5.10 Å². The molecule has 25 heavy (non-hydrogen) atoms. The maximum atomic E-state index is 13.4. The van der Waals surface area contributed by atoms with E-state index >= 15 is 0 Å². The fourth-order valence-corrected chi connectivity index (χ4v) is 3.42. The molecular formula is C16H16F2N6S. The second-order valence-corrected chi connectivity index (χ2v) is 7.03. The standard InChI is InChI=1S/C16H16F2N6S/c1-2-5-25-16-20-14(13-15(21-16)23-24-22-13)19-12-7-9(12)8-3-4-10(17)11(18)6-8/h3-4,6,9,12H,2,5,7H2,1H3,(H2,19,20,21,22,23,24)/t9-,12?/m0/s1. The molecule has 0 spiro atoms. The summed E-state index contributed by atoms with van der Waals surface area (Å²) in [5.41, 5.74) is 1.88. The first-order valence-electron chi connectivity index (χ1n) is 8.08. The first-order valence-corrected chi connectivity index (χ1v) is 9.07. The number of anilines is 1. The zero-order valence-electron chi connectivity index (χ0n) is 13.5. The second kappa shape index (κ2) is 6.55. The Morgan fingerprint density at radius 1 is 1.24 bits per heavy atom. The molecule has 2 N–H and O–H groups in total. The van der Waals surface area contributed by atoms with Gasteiger partial charge in [0, 0.05) is 17.7 Å². The van der Waals surface area contributed by atoms with Crippen LogP contribution in [0.2, 0.25) is 0 Å². The maximum Gasteiger partial charge on any atom is 0.207 e. The molecule has 4 rings (SSSR count). The summed E-state index contributed by atoms with van der Waals surface area (Å²) >= 11 is 1.57. The zero-order chi connectivity index (χ0) is 17.4. The van der Waals surface area contributed by atoms with Gasteiger partial charge in [-0.3, -0.25) is 0 Å². The van der Waals surface area contributed by atoms with Crippen LogP contribution >= 0.6 is 11.8 Å². The van der Waals surface area contributed by atoms with E-state index in [0.717, 1.165) is 24.2 Å². The molecule has 3 aromatic rings. The van der Waals surface area contributed by atoms with E-state index in [0.29, 0.717) is 22.1 Å². The van der Waals surface area contributed by atoms with Gasteiger partial charge in [0.25, 0.3) is 0 Å². The Kier molecular flexibility index (Phi) is 4.24. The number of thioether (sulfide) groups is 1. The van der Waals surface area contributed by atoms with Crippen LogP contribution < -0.4 is 5.32 Å². The van der Waals surface area contributed by atoms with Crippen molar-refractivity contribution in [3.8, 4) is 0 Å². The molecule has 1 saturated carbocycles. The zero-order valence-corrected chi connectivity index (χ0v) is 14.3. The molecule has 1 unspecified atom stereocenters. The number of nitrogens with one attached hydrogen (secondary N) is 2. The van der Waals surface area contributed by atoms with Crippen LogP contribution in [0.4, 0.5) is 14.6 Å². The number of aromatic amines is 1. The van der Waals surface area contributed by atoms with Crippen molar-refractivity contribution >= 4 is 28.7 Å². The number of aromatic nitrogens is 5. The van der Waals surface area contributed by atoms with Gasteiger partial charge < -0.3 is 5.32 Å². The minimum Gasteiger partial charge on any atom is -0.365 e. The van der Waals surface area contributed by atoms with Gasteiger partial charge >= 0.3 is 0 Å². The van der Waals surface area contributed by atoms with E-state index in [1.807, 2.05) is 0 Å². The lowest BCUT2D eigenvalue weighted by molar-refractivity contribution is 0.507. The van der Waals surface area contributed by atoms with Crippen LogP contribution in [0, 0.1) is 11.6 Å². The number of H-pyrrole nitrogens is 1. The van der Waals surface area contributed by atoms with Crippen LogP contribution in [0.1, 0.15) is 31.2 Å². The van der Waals surface area contributed by atoms with Gasteiger partial charge in [0.2, 0.25) is 5.65 Å². The van der Waals surface area contributed by atoms with Gasteiger partial charge in [-0.05, 0) is 30.5 Å². The highest BCUT2D eigenvalue weighted by atomic mass is 32.2. The fourth-order valence-electron chi connectivity index (χ4n) is 2.73. The third kappa shape index (κ3) is 3.28. The molecule has 0 saturated heterocycles. The van der Waals surface area contributed by atoms with Crippen molar-refractivity contribution in [1.82, 2.24) is 25.4 Å². The second-order valence-electron chi connectivity index (χ2n) is 5.97. The summed E-state index contributed by atoms with van der Waals surface area (Å²) < 4.78 is 26.5. The van der Waals surface area contributed by atoms with Gasteiger partial charge in [-0.25, -0.2) is 13.8 Å². The van der Waals surface area contributed by atoms with Crippen molar-refractivity contribution in [2.45, 2.75) is 36.9 Å². The molecule has 9 heteroatoms. The van der Waals surface area contributed by atoms with Gasteiger partial charge in [0.15, 0.2) is 28.1 Å². The van der Waals surface area contributed by atoms with Crippen molar-refractivity contribution in [1.29, 1.82) is 0 Å². The summed E-state index contributed by atoms with van der Waals surface area (Å²) in [5, 5.41) is 14.7. The summed E-state index contributed by atoms with van der Waals surface area (Å²) in [6.45, 7) is 2.09. The largest absolute Gasteiger partial charge is 0.365 e. The number of fused-ring (bicyclic) bond motifs is 1. The van der Waals surface area contributed by atoms with Crippen LogP contribution in [-0.2, 0) is 0 Å². The molecule has 2 aromatic heterocycles. The summed E-state index contributed by atoms with van der Waals surface area (Å²) in [6.07, 6.45) is 1.85. The van der Waals surface area contributed by atoms with E-state index < -0.39 is 11.6 Å². The Morgan fingerprint density at radius 2 is 2.12 bits per heavy atom. The van der Waals surface area contributed by atoms with Crippen molar-refractivity contribution in [3.63, 3.8) is 0 Å². The number of halogens is 2. The number of hydrogen-bond acceptors (Lipinski definition) is 6. The highest BCUT2D eigenvalue weighted by molar-refractivity contribution is 7.99. The summed E-state index contributed by atoms with van der Waals surface area (Å²) in [6, 6.07) is 4.15. The smallest absolute Gasteiger partial charge is 0.207 e.